The van der Waals surface area contributed by atoms with Gasteiger partial charge in [0.05, 0.1) is 22.8 Å². The summed E-state index contributed by atoms with van der Waals surface area (Å²) in [5.74, 6) is -13.2. The predicted octanol–water partition coefficient (Wildman–Crippen LogP) is 6.46. The zero-order valence-electron chi connectivity index (χ0n) is 49.5. The van der Waals surface area contributed by atoms with Gasteiger partial charge in [-0.1, -0.05) is 72.8 Å². The van der Waals surface area contributed by atoms with E-state index in [9.17, 15) is 98.4 Å². The molecule has 7 aromatic rings. The summed E-state index contributed by atoms with van der Waals surface area (Å²) in [6.45, 7) is -8.37. The molecular formula is C64H48CuN8O24. The Kier molecular flexibility index (Phi) is 21.9. The molecule has 0 spiro atoms. The Hall–Kier alpha value is -13.2. The fourth-order valence-electron chi connectivity index (χ4n) is 9.84. The van der Waals surface area contributed by atoms with Gasteiger partial charge >= 0.3 is 89.2 Å². The summed E-state index contributed by atoms with van der Waals surface area (Å²) in [5.41, 5.74) is 2.94. The standard InChI is InChI=1S/C64H50N8O24.Cu/c73-49(74)25-69(26-50(75)76)61(89)93-37-9-1-5-33(21-37)57-41-13-15-43(65-41)58(34-6-2-10-38(22-34)94-62(90)70(27-51(77)78)28-52(79)80)45-17-19-47(67-45)60(36-8-4-12-40(24-36)96-64(92)72(31-55(85)86)32-56(87)88)48-20-18-46(68-48)59(44-16-14-42(57)66-44)35-7-3-11-39(23-35)95-63(91)71(29-53(81)82)30-54(83)84;/h1-24H,25-32H2,(H10,65,66,67,68,73,74,75,76,77,78,79,80,81,82,83,84,85,86,87,88);/q;+2/p-2. The summed E-state index contributed by atoms with van der Waals surface area (Å²) in [6.07, 6.45) is 0.930. The average molecular weight is 1380 g/mol. The average Bonchev–Trinajstić information content (AvgIpc) is 1.63. The van der Waals surface area contributed by atoms with Gasteiger partial charge in [-0.25, -0.2) is 29.1 Å². The Labute approximate surface area is 554 Å². The zero-order valence-corrected chi connectivity index (χ0v) is 50.4. The third-order valence-electron chi connectivity index (χ3n) is 13.6. The molecule has 0 saturated carbocycles. The van der Waals surface area contributed by atoms with E-state index < -0.39 is 124 Å². The van der Waals surface area contributed by atoms with Crippen LogP contribution in [-0.2, 0) is 55.4 Å². The van der Waals surface area contributed by atoms with Crippen LogP contribution < -0.4 is 28.9 Å². The Bertz CT molecular complexity index is 4010. The SMILES string of the molecule is O=C(O)CN(CC(=O)O)C(=O)Oc1cccc(-c2c3nc(c(-c4cccc(OC(=O)N(CC(=O)O)CC(=O)O)c4)c4ccc([n-]4)c(-c4cccc(OC(=O)N(CC(=O)O)CC(=O)O)c4)c4nc(c(-c5cccc(OC(=O)N(CC(=O)O)CC(=O)O)c5)c5ccc2[n-]5)C=C4)C=C3)c1.[Cu+2]. The minimum atomic E-state index is -1.54. The van der Waals surface area contributed by atoms with Crippen molar-refractivity contribution < 1.29 is 134 Å². The molecular weight excluding hydrogens is 1330 g/mol. The van der Waals surface area contributed by atoms with Crippen molar-refractivity contribution in [2.45, 2.75) is 0 Å². The third kappa shape index (κ3) is 17.7. The minimum Gasteiger partial charge on any atom is -0.657 e. The second kappa shape index (κ2) is 30.5. The Morgan fingerprint density at radius 1 is 0.299 bits per heavy atom. The monoisotopic (exact) mass is 1380 g/mol. The van der Waals surface area contributed by atoms with Crippen LogP contribution in [0.4, 0.5) is 19.2 Å². The molecule has 3 aromatic heterocycles. The molecule has 9 rings (SSSR count). The van der Waals surface area contributed by atoms with Crippen LogP contribution in [0.1, 0.15) is 22.8 Å². The molecule has 0 atom stereocenters. The second-order valence-electron chi connectivity index (χ2n) is 20.5. The molecule has 0 fully saturated rings. The number of aromatic nitrogens is 4. The molecule has 0 saturated heterocycles. The van der Waals surface area contributed by atoms with E-state index in [1.807, 2.05) is 0 Å². The Morgan fingerprint density at radius 3 is 0.660 bits per heavy atom. The maximum absolute atomic E-state index is 13.4. The van der Waals surface area contributed by atoms with Crippen LogP contribution in [-0.4, -0.2) is 195 Å². The van der Waals surface area contributed by atoms with Gasteiger partial charge in [-0.05, 0) is 117 Å². The summed E-state index contributed by atoms with van der Waals surface area (Å²) in [5, 5.41) is 76.0. The molecule has 5 heterocycles. The number of aliphatic carboxylic acids is 8. The smallest absolute Gasteiger partial charge is 0.657 e. The summed E-state index contributed by atoms with van der Waals surface area (Å²) in [4.78, 5) is 170. The normalized spacial score (nSPS) is 11.1. The van der Waals surface area contributed by atoms with Crippen LogP contribution in [0.25, 0.3) is 90.9 Å². The van der Waals surface area contributed by atoms with E-state index in [1.165, 1.54) is 72.8 Å². The van der Waals surface area contributed by atoms with E-state index in [0.717, 1.165) is 0 Å². The molecule has 8 N–H and O–H groups in total. The number of fused-ring (bicyclic) bond motifs is 8. The van der Waals surface area contributed by atoms with Crippen molar-refractivity contribution in [3.05, 3.63) is 144 Å². The topological polar surface area (TPSA) is 471 Å². The van der Waals surface area contributed by atoms with E-state index in [1.54, 1.807) is 72.8 Å². The molecule has 32 nitrogen and oxygen atoms in total. The fourth-order valence-corrected chi connectivity index (χ4v) is 9.84. The molecule has 4 aromatic carbocycles. The second-order valence-corrected chi connectivity index (χ2v) is 20.5. The number of carbonyl (C=O) groups excluding carboxylic acids is 4. The van der Waals surface area contributed by atoms with Gasteiger partial charge in [-0.15, -0.1) is 22.1 Å². The first-order chi connectivity index (χ1) is 45.7. The van der Waals surface area contributed by atoms with Crippen molar-refractivity contribution in [2.75, 3.05) is 52.4 Å². The van der Waals surface area contributed by atoms with Crippen LogP contribution in [0.5, 0.6) is 23.0 Å². The largest absolute Gasteiger partial charge is 2.00 e. The molecule has 4 amide bonds. The van der Waals surface area contributed by atoms with Crippen molar-refractivity contribution in [3.8, 4) is 67.5 Å². The molecule has 0 aliphatic carbocycles. The van der Waals surface area contributed by atoms with Gasteiger partial charge in [0.25, 0.3) is 0 Å². The minimum absolute atomic E-state index is 0. The molecule has 1 radical (unpaired) electrons. The molecule has 2 aliphatic heterocycles. The van der Waals surface area contributed by atoms with E-state index in [2.05, 4.69) is 0 Å². The number of ether oxygens (including phenoxy) is 4. The van der Waals surface area contributed by atoms with E-state index in [0.29, 0.717) is 19.6 Å². The van der Waals surface area contributed by atoms with Crippen LogP contribution >= 0.6 is 0 Å². The summed E-state index contributed by atoms with van der Waals surface area (Å²) >= 11 is 0. The number of hydrogen-bond donors (Lipinski definition) is 8. The van der Waals surface area contributed by atoms with E-state index in [4.69, 9.17) is 38.9 Å². The quantitative estimate of drug-likeness (QED) is 0.0301. The third-order valence-corrected chi connectivity index (χ3v) is 13.6. The van der Waals surface area contributed by atoms with Gasteiger partial charge < -0.3 is 69.8 Å². The molecule has 33 heteroatoms. The van der Waals surface area contributed by atoms with Gasteiger partial charge in [-0.2, -0.15) is 0 Å². The van der Waals surface area contributed by atoms with Crippen LogP contribution in [0.2, 0.25) is 0 Å². The van der Waals surface area contributed by atoms with Crippen LogP contribution in [0.3, 0.4) is 0 Å². The van der Waals surface area contributed by atoms with Gasteiger partial charge in [0.1, 0.15) is 75.4 Å². The predicted molar refractivity (Wildman–Crippen MR) is 330 cm³/mol. The van der Waals surface area contributed by atoms with Crippen molar-refractivity contribution in [3.63, 3.8) is 0 Å². The summed E-state index contributed by atoms with van der Waals surface area (Å²) < 4.78 is 22.2. The number of benzene rings is 4. The number of carboxylic acid groups (broad SMARTS) is 8. The van der Waals surface area contributed by atoms with Crippen LogP contribution in [0.15, 0.2) is 121 Å². The number of carboxylic acids is 8. The maximum Gasteiger partial charge on any atom is 2.00 e. The molecule has 97 heavy (non-hydrogen) atoms. The number of rotatable bonds is 24. The van der Waals surface area contributed by atoms with Crippen molar-refractivity contribution in [1.82, 2.24) is 39.5 Å². The number of carbonyl (C=O) groups is 12. The first kappa shape index (κ1) is 69.7. The van der Waals surface area contributed by atoms with E-state index in [-0.39, 0.29) is 129 Å². The van der Waals surface area contributed by atoms with Crippen molar-refractivity contribution >= 4 is 118 Å². The van der Waals surface area contributed by atoms with Gasteiger partial charge in [0.15, 0.2) is 0 Å². The fraction of sp³-hybridized carbons (Fsp3) is 0.125. The zero-order chi connectivity index (χ0) is 69.1. The number of nitrogens with zero attached hydrogens (tertiary/aromatic N) is 8. The summed E-state index contributed by atoms with van der Waals surface area (Å²) in [7, 11) is 0. The molecule has 0 unspecified atom stereocenters. The Morgan fingerprint density at radius 2 is 0.485 bits per heavy atom. The van der Waals surface area contributed by atoms with Crippen molar-refractivity contribution in [2.24, 2.45) is 0 Å². The molecule has 499 valence electrons. The maximum atomic E-state index is 13.4. The van der Waals surface area contributed by atoms with E-state index >= 15 is 0 Å². The number of amides is 4. The number of hydrogen-bond acceptors (Lipinski definition) is 18. The summed E-state index contributed by atoms with van der Waals surface area (Å²) in [6, 6.07) is 29.2. The Balaban J connectivity index is 0.0000120. The first-order valence-corrected chi connectivity index (χ1v) is 27.8. The molecule has 2 aliphatic rings. The first-order valence-electron chi connectivity index (χ1n) is 27.8. The molecule has 8 bridgehead atoms. The van der Waals surface area contributed by atoms with Gasteiger partial charge in [-0.3, -0.25) is 58.0 Å². The van der Waals surface area contributed by atoms with Gasteiger partial charge in [0.2, 0.25) is 0 Å². The van der Waals surface area contributed by atoms with Gasteiger partial charge in [0, 0.05) is 0 Å². The van der Waals surface area contributed by atoms with Crippen molar-refractivity contribution in [1.29, 1.82) is 0 Å². The van der Waals surface area contributed by atoms with Crippen LogP contribution in [0, 0.1) is 0 Å².